The van der Waals surface area contributed by atoms with Crippen molar-refractivity contribution >= 4 is 17.5 Å². The van der Waals surface area contributed by atoms with Crippen molar-refractivity contribution in [3.63, 3.8) is 0 Å². The van der Waals surface area contributed by atoms with Crippen LogP contribution in [-0.2, 0) is 16.4 Å². The van der Waals surface area contributed by atoms with Crippen molar-refractivity contribution in [3.05, 3.63) is 0 Å². The summed E-state index contributed by atoms with van der Waals surface area (Å²) < 4.78 is 16.6. The zero-order valence-corrected chi connectivity index (χ0v) is 7.56. The maximum Gasteiger partial charge on any atom is 0.335 e. The van der Waals surface area contributed by atoms with Gasteiger partial charge in [0.25, 0.3) is 0 Å². The van der Waals surface area contributed by atoms with Crippen LogP contribution < -0.4 is 5.73 Å². The van der Waals surface area contributed by atoms with Gasteiger partial charge in [-0.3, -0.25) is 10.5 Å². The maximum atomic E-state index is 10.5. The van der Waals surface area contributed by atoms with Gasteiger partial charge < -0.3 is 0 Å². The highest BCUT2D eigenvalue weighted by atomic mass is 32.1. The van der Waals surface area contributed by atoms with E-state index in [0.29, 0.717) is 0 Å². The van der Waals surface area contributed by atoms with Crippen LogP contribution in [0.3, 0.4) is 0 Å². The molecule has 0 aromatic rings. The van der Waals surface area contributed by atoms with Gasteiger partial charge in [0.2, 0.25) is 5.91 Å². The van der Waals surface area contributed by atoms with Crippen LogP contribution in [0.4, 0.5) is 0 Å². The van der Waals surface area contributed by atoms with Gasteiger partial charge in [-0.1, -0.05) is 19.3 Å². The molecule has 1 aliphatic rings. The molecule has 0 bridgehead atoms. The lowest BCUT2D eigenvalue weighted by Gasteiger charge is -2.16. The molecule has 1 amide bonds. The molecule has 1 rings (SSSR count). The highest BCUT2D eigenvalue weighted by Gasteiger charge is 2.18. The number of carbonyl (C=O) groups is 1. The van der Waals surface area contributed by atoms with Crippen LogP contribution in [0.15, 0.2) is 0 Å². The molecular formula is C7H12NO3S. The van der Waals surface area contributed by atoms with Crippen LogP contribution in [0, 0.1) is 5.92 Å². The molecule has 1 fully saturated rings. The predicted octanol–water partition coefficient (Wildman–Crippen LogP) is 0.706. The van der Waals surface area contributed by atoms with Gasteiger partial charge in [-0.2, -0.15) is 8.42 Å². The van der Waals surface area contributed by atoms with Crippen LogP contribution in [0.25, 0.3) is 0 Å². The van der Waals surface area contributed by atoms with Crippen LogP contribution in [-0.4, -0.2) is 14.3 Å². The second-order valence-corrected chi connectivity index (χ2v) is 2.90. The van der Waals surface area contributed by atoms with Gasteiger partial charge in [0.1, 0.15) is 0 Å². The Labute approximate surface area is 75.1 Å². The molecule has 0 heterocycles. The topological polar surface area (TPSA) is 75.0 Å². The Balaban J connectivity index is 0.000000354. The molecular weight excluding hydrogens is 178 g/mol. The van der Waals surface area contributed by atoms with E-state index in [9.17, 15) is 4.79 Å². The minimum absolute atomic E-state index is 0.0822. The van der Waals surface area contributed by atoms with E-state index in [1.807, 2.05) is 0 Å². The Morgan fingerprint density at radius 1 is 1.17 bits per heavy atom. The fourth-order valence-electron chi connectivity index (χ4n) is 1.36. The number of hydrogen-bond donors (Lipinski definition) is 0. The molecule has 0 spiro atoms. The van der Waals surface area contributed by atoms with Crippen LogP contribution in [0.5, 0.6) is 0 Å². The Bertz CT molecular complexity index is 171. The van der Waals surface area contributed by atoms with E-state index in [1.54, 1.807) is 0 Å². The first-order valence-corrected chi connectivity index (χ1v) is 4.56. The first-order valence-electron chi connectivity index (χ1n) is 3.89. The highest BCUT2D eigenvalue weighted by Crippen LogP contribution is 2.22. The number of nitrogens with one attached hydrogen (secondary N) is 1. The Kier molecular flexibility index (Phi) is 6.55. The van der Waals surface area contributed by atoms with Gasteiger partial charge in [-0.25, -0.2) is 0 Å². The second kappa shape index (κ2) is 6.97. The summed E-state index contributed by atoms with van der Waals surface area (Å²) in [4.78, 5) is 10.5. The van der Waals surface area contributed by atoms with Crippen molar-refractivity contribution < 1.29 is 13.2 Å². The third-order valence-corrected chi connectivity index (χ3v) is 1.98. The average Bonchev–Trinajstić information content (AvgIpc) is 2.07. The van der Waals surface area contributed by atoms with Gasteiger partial charge in [0.05, 0.1) is 0 Å². The summed E-state index contributed by atoms with van der Waals surface area (Å²) in [6, 6.07) is 0. The van der Waals surface area contributed by atoms with Crippen molar-refractivity contribution in [1.82, 2.24) is 5.73 Å². The van der Waals surface area contributed by atoms with Gasteiger partial charge in [0.15, 0.2) is 0 Å². The number of amides is 1. The number of hydrogen-bond acceptors (Lipinski definition) is 3. The summed E-state index contributed by atoms with van der Waals surface area (Å²) in [5, 5.41) is 0. The quantitative estimate of drug-likeness (QED) is 0.611. The minimum Gasteiger partial charge on any atom is -0.273 e. The molecule has 0 saturated heterocycles. The van der Waals surface area contributed by atoms with Crippen molar-refractivity contribution in [3.8, 4) is 0 Å². The van der Waals surface area contributed by atoms with E-state index in [1.165, 1.54) is 6.42 Å². The van der Waals surface area contributed by atoms with E-state index in [4.69, 9.17) is 14.2 Å². The van der Waals surface area contributed by atoms with Crippen molar-refractivity contribution in [2.75, 3.05) is 0 Å². The first kappa shape index (κ1) is 11.3. The number of carbonyl (C=O) groups excluding carboxylic acids is 1. The molecule has 0 aliphatic heterocycles. The molecule has 0 aromatic carbocycles. The van der Waals surface area contributed by atoms with Gasteiger partial charge in [-0.15, -0.1) is 0 Å². The molecule has 1 N–H and O–H groups in total. The van der Waals surface area contributed by atoms with Crippen molar-refractivity contribution in [1.29, 1.82) is 0 Å². The van der Waals surface area contributed by atoms with E-state index in [-0.39, 0.29) is 11.8 Å². The molecule has 0 unspecified atom stereocenters. The summed E-state index contributed by atoms with van der Waals surface area (Å²) in [6.07, 6.45) is 5.47. The summed E-state index contributed by atoms with van der Waals surface area (Å²) >= 11 is -0.750. The van der Waals surface area contributed by atoms with Crippen LogP contribution >= 0.6 is 0 Å². The largest absolute Gasteiger partial charge is 0.335 e. The number of rotatable bonds is 1. The van der Waals surface area contributed by atoms with Gasteiger partial charge >= 0.3 is 11.6 Å². The second-order valence-electron chi connectivity index (χ2n) is 2.77. The highest BCUT2D eigenvalue weighted by molar-refractivity contribution is 7.51. The Morgan fingerprint density at radius 2 is 1.58 bits per heavy atom. The summed E-state index contributed by atoms with van der Waals surface area (Å²) in [5.74, 6) is -0.270. The third kappa shape index (κ3) is 5.01. The summed E-state index contributed by atoms with van der Waals surface area (Å²) in [6.45, 7) is 0. The van der Waals surface area contributed by atoms with E-state index in [0.717, 1.165) is 25.7 Å². The lowest BCUT2D eigenvalue weighted by molar-refractivity contribution is -0.123. The third-order valence-electron chi connectivity index (χ3n) is 1.98. The summed E-state index contributed by atoms with van der Waals surface area (Å²) in [7, 11) is 0. The van der Waals surface area contributed by atoms with E-state index < -0.39 is 11.6 Å². The van der Waals surface area contributed by atoms with E-state index >= 15 is 0 Å². The van der Waals surface area contributed by atoms with Crippen molar-refractivity contribution in [2.24, 2.45) is 5.92 Å². The SMILES string of the molecule is O=S=O.[NH]C(=O)C1CCCCC1. The summed E-state index contributed by atoms with van der Waals surface area (Å²) in [5.41, 5.74) is 6.83. The molecule has 69 valence electrons. The fourth-order valence-corrected chi connectivity index (χ4v) is 1.36. The molecule has 0 aromatic heterocycles. The smallest absolute Gasteiger partial charge is 0.273 e. The molecule has 1 radical (unpaired) electrons. The average molecular weight is 190 g/mol. The Hall–Kier alpha value is -0.710. The van der Waals surface area contributed by atoms with Crippen molar-refractivity contribution in [2.45, 2.75) is 32.1 Å². The molecule has 12 heavy (non-hydrogen) atoms. The minimum atomic E-state index is -0.750. The Morgan fingerprint density at radius 3 is 1.83 bits per heavy atom. The predicted molar refractivity (Wildman–Crippen MR) is 43.6 cm³/mol. The monoisotopic (exact) mass is 190 g/mol. The molecule has 5 heteroatoms. The fraction of sp³-hybridized carbons (Fsp3) is 0.857. The lowest BCUT2D eigenvalue weighted by Crippen LogP contribution is -2.17. The lowest BCUT2D eigenvalue weighted by atomic mass is 9.89. The molecule has 0 atom stereocenters. The van der Waals surface area contributed by atoms with Crippen LogP contribution in [0.1, 0.15) is 32.1 Å². The van der Waals surface area contributed by atoms with Crippen LogP contribution in [0.2, 0.25) is 0 Å². The van der Waals surface area contributed by atoms with Gasteiger partial charge in [-0.05, 0) is 12.8 Å². The van der Waals surface area contributed by atoms with Gasteiger partial charge in [0, 0.05) is 5.92 Å². The zero-order chi connectivity index (χ0) is 9.40. The maximum absolute atomic E-state index is 10.5. The molecule has 4 nitrogen and oxygen atoms in total. The molecule has 1 aliphatic carbocycles. The zero-order valence-electron chi connectivity index (χ0n) is 6.75. The first-order chi connectivity index (χ1) is 5.72. The van der Waals surface area contributed by atoms with E-state index in [2.05, 4.69) is 0 Å². The standard InChI is InChI=1S/C7H12NO.O2S/c8-7(9)6-4-2-1-3-5-6;1-3-2/h6,8H,1-5H2;. The molecule has 1 saturated carbocycles. The normalized spacial score (nSPS) is 17.3.